The van der Waals surface area contributed by atoms with E-state index in [0.717, 1.165) is 25.5 Å². The van der Waals surface area contributed by atoms with Crippen LogP contribution in [0.15, 0.2) is 41.5 Å². The number of benzene rings is 1. The predicted octanol–water partition coefficient (Wildman–Crippen LogP) is 4.44. The van der Waals surface area contributed by atoms with Gasteiger partial charge in [-0.3, -0.25) is 4.99 Å². The van der Waals surface area contributed by atoms with Crippen molar-refractivity contribution in [2.75, 3.05) is 20.1 Å². The number of aromatic nitrogens is 1. The lowest BCUT2D eigenvalue weighted by Gasteiger charge is -2.35. The summed E-state index contributed by atoms with van der Waals surface area (Å²) in [6.45, 7) is 6.09. The van der Waals surface area contributed by atoms with Crippen molar-refractivity contribution in [3.05, 3.63) is 52.0 Å². The third kappa shape index (κ3) is 7.22. The van der Waals surface area contributed by atoms with Gasteiger partial charge >= 0.3 is 0 Å². The third-order valence-corrected chi connectivity index (χ3v) is 6.47. The molecule has 3 N–H and O–H groups in total. The molecule has 1 aliphatic rings. The summed E-state index contributed by atoms with van der Waals surface area (Å²) in [6, 6.07) is 11.0. The van der Waals surface area contributed by atoms with Crippen molar-refractivity contribution in [1.82, 2.24) is 20.9 Å². The normalized spacial score (nSPS) is 16.9. The molecule has 1 heterocycles. The molecule has 160 valence electrons. The van der Waals surface area contributed by atoms with Crippen LogP contribution in [0.25, 0.3) is 0 Å². The first-order valence-electron chi connectivity index (χ1n) is 10.3. The van der Waals surface area contributed by atoms with E-state index in [0.29, 0.717) is 6.04 Å². The molecule has 0 aliphatic heterocycles. The molecule has 0 radical (unpaired) electrons. The molecule has 1 fully saturated rings. The SMILES string of the molecule is CN=C(NCCc1ncc(C)s1)NCC1(NC(C)c2ccccc2)CCCC1.I. The maximum Gasteiger partial charge on any atom is 0.191 e. The number of aryl methyl sites for hydroxylation is 1. The van der Waals surface area contributed by atoms with Crippen LogP contribution in [0.2, 0.25) is 0 Å². The number of aliphatic imine (C=N–C) groups is 1. The van der Waals surface area contributed by atoms with Gasteiger partial charge in [-0.25, -0.2) is 4.98 Å². The van der Waals surface area contributed by atoms with Gasteiger partial charge in [-0.05, 0) is 32.3 Å². The Bertz CT molecular complexity index is 756. The highest BCUT2D eigenvalue weighted by Crippen LogP contribution is 2.31. The van der Waals surface area contributed by atoms with E-state index in [4.69, 9.17) is 0 Å². The van der Waals surface area contributed by atoms with Crippen LogP contribution in [-0.2, 0) is 6.42 Å². The second kappa shape index (κ2) is 11.9. The summed E-state index contributed by atoms with van der Waals surface area (Å²) in [5, 5.41) is 12.1. The van der Waals surface area contributed by atoms with Crippen molar-refractivity contribution in [1.29, 1.82) is 0 Å². The van der Waals surface area contributed by atoms with Gasteiger partial charge in [-0.1, -0.05) is 43.2 Å². The molecule has 2 aromatic rings. The van der Waals surface area contributed by atoms with Crippen LogP contribution >= 0.6 is 35.3 Å². The minimum absolute atomic E-state index is 0. The Labute approximate surface area is 196 Å². The van der Waals surface area contributed by atoms with Crippen molar-refractivity contribution in [2.45, 2.75) is 57.5 Å². The molecule has 1 aromatic carbocycles. The first-order valence-corrected chi connectivity index (χ1v) is 11.1. The lowest BCUT2D eigenvalue weighted by Crippen LogP contribution is -2.54. The number of nitrogens with zero attached hydrogens (tertiary/aromatic N) is 2. The highest BCUT2D eigenvalue weighted by atomic mass is 127. The molecule has 0 spiro atoms. The smallest absolute Gasteiger partial charge is 0.191 e. The van der Waals surface area contributed by atoms with Crippen molar-refractivity contribution in [2.24, 2.45) is 4.99 Å². The van der Waals surface area contributed by atoms with Gasteiger partial charge < -0.3 is 16.0 Å². The Morgan fingerprint density at radius 1 is 1.21 bits per heavy atom. The summed E-state index contributed by atoms with van der Waals surface area (Å²) in [4.78, 5) is 10.1. The van der Waals surface area contributed by atoms with Crippen molar-refractivity contribution < 1.29 is 0 Å². The lowest BCUT2D eigenvalue weighted by molar-refractivity contribution is 0.297. The first-order chi connectivity index (χ1) is 13.6. The van der Waals surface area contributed by atoms with E-state index in [2.05, 4.69) is 70.1 Å². The molecule has 1 aliphatic carbocycles. The Morgan fingerprint density at radius 2 is 1.93 bits per heavy atom. The number of guanidine groups is 1. The fourth-order valence-corrected chi connectivity index (χ4v) is 4.77. The molecule has 1 unspecified atom stereocenters. The summed E-state index contributed by atoms with van der Waals surface area (Å²) in [7, 11) is 1.84. The zero-order valence-electron chi connectivity index (χ0n) is 17.7. The predicted molar refractivity (Wildman–Crippen MR) is 135 cm³/mol. The van der Waals surface area contributed by atoms with E-state index in [1.807, 2.05) is 13.2 Å². The van der Waals surface area contributed by atoms with Gasteiger partial charge in [-0.15, -0.1) is 35.3 Å². The van der Waals surface area contributed by atoms with E-state index >= 15 is 0 Å². The van der Waals surface area contributed by atoms with Gasteiger partial charge in [0.2, 0.25) is 0 Å². The molecule has 1 aromatic heterocycles. The Kier molecular flexibility index (Phi) is 9.85. The number of thiazole rings is 1. The minimum Gasteiger partial charge on any atom is -0.356 e. The molecule has 1 atom stereocenters. The second-order valence-electron chi connectivity index (χ2n) is 7.73. The first kappa shape index (κ1) is 24.1. The molecule has 5 nitrogen and oxygen atoms in total. The van der Waals surface area contributed by atoms with Gasteiger partial charge in [0.1, 0.15) is 0 Å². The minimum atomic E-state index is 0. The number of hydrogen-bond donors (Lipinski definition) is 3. The molecular weight excluding hydrogens is 493 g/mol. The van der Waals surface area contributed by atoms with E-state index in [9.17, 15) is 0 Å². The van der Waals surface area contributed by atoms with Crippen LogP contribution in [0.4, 0.5) is 0 Å². The van der Waals surface area contributed by atoms with Gasteiger partial charge in [0.05, 0.1) is 5.01 Å². The lowest BCUT2D eigenvalue weighted by atomic mass is 9.94. The van der Waals surface area contributed by atoms with Gasteiger partial charge in [-0.2, -0.15) is 0 Å². The largest absolute Gasteiger partial charge is 0.356 e. The highest BCUT2D eigenvalue weighted by molar-refractivity contribution is 14.0. The highest BCUT2D eigenvalue weighted by Gasteiger charge is 2.35. The molecule has 29 heavy (non-hydrogen) atoms. The summed E-state index contributed by atoms with van der Waals surface area (Å²) in [5.74, 6) is 0.869. The second-order valence-corrected chi connectivity index (χ2v) is 9.05. The van der Waals surface area contributed by atoms with E-state index in [1.165, 1.54) is 41.1 Å². The van der Waals surface area contributed by atoms with E-state index in [-0.39, 0.29) is 29.5 Å². The maximum absolute atomic E-state index is 4.43. The monoisotopic (exact) mass is 527 g/mol. The van der Waals surface area contributed by atoms with Crippen molar-refractivity contribution in [3.8, 4) is 0 Å². The third-order valence-electron chi connectivity index (χ3n) is 5.50. The zero-order valence-corrected chi connectivity index (χ0v) is 20.8. The summed E-state index contributed by atoms with van der Waals surface area (Å²) in [5.41, 5.74) is 1.47. The van der Waals surface area contributed by atoms with Crippen LogP contribution in [-0.4, -0.2) is 36.6 Å². The van der Waals surface area contributed by atoms with Crippen LogP contribution in [0.5, 0.6) is 0 Å². The molecule has 0 saturated heterocycles. The number of halogens is 1. The summed E-state index contributed by atoms with van der Waals surface area (Å²) < 4.78 is 0. The molecule has 3 rings (SSSR count). The quantitative estimate of drug-likeness (QED) is 0.270. The number of nitrogens with one attached hydrogen (secondary N) is 3. The zero-order chi connectivity index (χ0) is 19.8. The summed E-state index contributed by atoms with van der Waals surface area (Å²) >= 11 is 1.76. The number of hydrogen-bond acceptors (Lipinski definition) is 4. The summed E-state index contributed by atoms with van der Waals surface area (Å²) in [6.07, 6.45) is 7.83. The number of rotatable bonds is 8. The topological polar surface area (TPSA) is 61.3 Å². The Hall–Kier alpha value is -1.19. The molecule has 0 amide bonds. The van der Waals surface area contributed by atoms with Crippen molar-refractivity contribution in [3.63, 3.8) is 0 Å². The van der Waals surface area contributed by atoms with Gasteiger partial charge in [0.25, 0.3) is 0 Å². The van der Waals surface area contributed by atoms with Crippen molar-refractivity contribution >= 4 is 41.3 Å². The molecule has 7 heteroatoms. The van der Waals surface area contributed by atoms with Crippen LogP contribution < -0.4 is 16.0 Å². The Balaban J connectivity index is 0.00000300. The average molecular weight is 528 g/mol. The Morgan fingerprint density at radius 3 is 2.55 bits per heavy atom. The van der Waals surface area contributed by atoms with Gasteiger partial charge in [0, 0.05) is 49.2 Å². The van der Waals surface area contributed by atoms with E-state index < -0.39 is 0 Å². The fourth-order valence-electron chi connectivity index (χ4n) is 3.99. The van der Waals surface area contributed by atoms with Crippen LogP contribution in [0.3, 0.4) is 0 Å². The fraction of sp³-hybridized carbons (Fsp3) is 0.545. The standard InChI is InChI=1S/C22H33N5S.HI/c1-17-15-25-20(28-17)11-14-24-21(23-3)26-16-22(12-7-8-13-22)27-18(2)19-9-5-4-6-10-19;/h4-6,9-10,15,18,27H,7-8,11-14,16H2,1-3H3,(H2,23,24,26);1H. The van der Waals surface area contributed by atoms with Gasteiger partial charge in [0.15, 0.2) is 5.96 Å². The molecule has 0 bridgehead atoms. The van der Waals surface area contributed by atoms with E-state index in [1.54, 1.807) is 11.3 Å². The van der Waals surface area contributed by atoms with Crippen LogP contribution in [0, 0.1) is 6.92 Å². The maximum atomic E-state index is 4.43. The molecule has 1 saturated carbocycles. The molecular formula is C22H34IN5S. The van der Waals surface area contributed by atoms with Crippen LogP contribution in [0.1, 0.15) is 54.1 Å². The average Bonchev–Trinajstić information content (AvgIpc) is 3.34.